The van der Waals surface area contributed by atoms with Gasteiger partial charge in [0.2, 0.25) is 5.95 Å². The summed E-state index contributed by atoms with van der Waals surface area (Å²) in [5, 5.41) is 13.1. The van der Waals surface area contributed by atoms with Crippen molar-refractivity contribution >= 4 is 45.9 Å². The molecule has 1 saturated heterocycles. The number of carboxylic acids is 1. The van der Waals surface area contributed by atoms with Gasteiger partial charge in [-0.05, 0) is 35.9 Å². The second kappa shape index (κ2) is 8.68. The first kappa shape index (κ1) is 21.2. The van der Waals surface area contributed by atoms with Crippen molar-refractivity contribution in [1.29, 1.82) is 0 Å². The van der Waals surface area contributed by atoms with E-state index in [4.69, 9.17) is 21.3 Å². The lowest BCUT2D eigenvalue weighted by atomic mass is 10.1. The molecule has 3 N–H and O–H groups in total. The van der Waals surface area contributed by atoms with Gasteiger partial charge >= 0.3 is 5.97 Å². The van der Waals surface area contributed by atoms with Gasteiger partial charge in [0.05, 0.1) is 18.2 Å². The lowest BCUT2D eigenvalue weighted by Gasteiger charge is -2.29. The predicted octanol–water partition coefficient (Wildman–Crippen LogP) is 4.70. The summed E-state index contributed by atoms with van der Waals surface area (Å²) in [6, 6.07) is 11.6. The van der Waals surface area contributed by atoms with Crippen LogP contribution in [0.2, 0.25) is 5.02 Å². The molecule has 0 aliphatic carbocycles. The van der Waals surface area contributed by atoms with Crippen molar-refractivity contribution in [2.45, 2.75) is 0 Å². The van der Waals surface area contributed by atoms with Crippen LogP contribution in [0.5, 0.6) is 0 Å². The smallest absolute Gasteiger partial charge is 0.352 e. The van der Waals surface area contributed by atoms with Crippen LogP contribution in [0, 0.1) is 5.82 Å². The minimum absolute atomic E-state index is 0.00463. The first-order valence-electron chi connectivity index (χ1n) is 10.3. The quantitative estimate of drug-likeness (QED) is 0.391. The van der Waals surface area contributed by atoms with Gasteiger partial charge in [-0.3, -0.25) is 0 Å². The molecule has 0 amide bonds. The Balaban J connectivity index is 1.55. The van der Waals surface area contributed by atoms with Crippen molar-refractivity contribution in [2.24, 2.45) is 0 Å². The van der Waals surface area contributed by atoms with E-state index in [0.29, 0.717) is 49.3 Å². The number of aromatic nitrogens is 3. The summed E-state index contributed by atoms with van der Waals surface area (Å²) in [7, 11) is 0. The molecule has 1 aliphatic rings. The number of rotatable bonds is 5. The zero-order chi connectivity index (χ0) is 22.9. The Morgan fingerprint density at radius 2 is 2.00 bits per heavy atom. The molecule has 5 rings (SSSR count). The number of ether oxygens (including phenoxy) is 1. The molecule has 1 aliphatic heterocycles. The van der Waals surface area contributed by atoms with E-state index in [1.165, 1.54) is 12.1 Å². The molecule has 33 heavy (non-hydrogen) atoms. The van der Waals surface area contributed by atoms with Gasteiger partial charge in [0.1, 0.15) is 17.3 Å². The summed E-state index contributed by atoms with van der Waals surface area (Å²) < 4.78 is 19.0. The largest absolute Gasteiger partial charge is 0.477 e. The Morgan fingerprint density at radius 1 is 1.18 bits per heavy atom. The molecule has 0 saturated carbocycles. The summed E-state index contributed by atoms with van der Waals surface area (Å²) in [6.07, 6.45) is 1.72. The molecule has 0 spiro atoms. The Bertz CT molecular complexity index is 1350. The van der Waals surface area contributed by atoms with Crippen LogP contribution in [0.1, 0.15) is 10.5 Å². The van der Waals surface area contributed by atoms with Gasteiger partial charge in [0.25, 0.3) is 0 Å². The second-order valence-corrected chi connectivity index (χ2v) is 7.98. The van der Waals surface area contributed by atoms with Gasteiger partial charge in [0.15, 0.2) is 0 Å². The minimum atomic E-state index is -1.01. The lowest BCUT2D eigenvalue weighted by molar-refractivity contribution is 0.0691. The molecular formula is C23H19ClFN5O3. The highest BCUT2D eigenvalue weighted by Crippen LogP contribution is 2.33. The average Bonchev–Trinajstić information content (AvgIpc) is 3.26. The van der Waals surface area contributed by atoms with E-state index in [-0.39, 0.29) is 10.7 Å². The van der Waals surface area contributed by atoms with E-state index in [2.05, 4.69) is 20.2 Å². The van der Waals surface area contributed by atoms with Gasteiger partial charge in [-0.15, -0.1) is 0 Å². The molecule has 10 heteroatoms. The fraction of sp³-hybridized carbons (Fsp3) is 0.174. The van der Waals surface area contributed by atoms with Crippen molar-refractivity contribution in [2.75, 3.05) is 36.5 Å². The highest BCUT2D eigenvalue weighted by molar-refractivity contribution is 6.31. The molecule has 0 radical (unpaired) electrons. The zero-order valence-corrected chi connectivity index (χ0v) is 18.1. The van der Waals surface area contributed by atoms with E-state index < -0.39 is 11.8 Å². The molecule has 168 valence electrons. The first-order valence-corrected chi connectivity index (χ1v) is 10.6. The molecule has 1 fully saturated rings. The molecule has 2 aromatic heterocycles. The fourth-order valence-corrected chi connectivity index (χ4v) is 3.95. The highest BCUT2D eigenvalue weighted by Gasteiger charge is 2.20. The van der Waals surface area contributed by atoms with E-state index in [0.717, 1.165) is 16.5 Å². The highest BCUT2D eigenvalue weighted by atomic mass is 35.5. The number of carbonyl (C=O) groups is 1. The third-order valence-corrected chi connectivity index (χ3v) is 5.71. The van der Waals surface area contributed by atoms with Gasteiger partial charge < -0.3 is 25.0 Å². The number of H-pyrrole nitrogens is 1. The SMILES string of the molecule is O=C(O)c1cc2ccc(-c3cnc(Nc4ccc(F)c(Cl)c4)nc3N3CCOCC3)cc2[nH]1. The standard InChI is InChI=1S/C23H19ClFN5O3/c24-17-11-15(3-4-18(17)25)27-23-26-12-16(21(29-23)30-5-7-33-8-6-30)13-1-2-14-10-20(22(31)32)28-19(14)9-13/h1-4,9-12,28H,5-8H2,(H,31,32)(H,26,27,29). The van der Waals surface area contributed by atoms with Crippen LogP contribution in [0.15, 0.2) is 48.7 Å². The third-order valence-electron chi connectivity index (χ3n) is 5.42. The molecule has 4 aromatic rings. The van der Waals surface area contributed by atoms with Crippen LogP contribution >= 0.6 is 11.6 Å². The molecule has 0 bridgehead atoms. The minimum Gasteiger partial charge on any atom is -0.477 e. The maximum atomic E-state index is 13.5. The number of nitrogens with zero attached hydrogens (tertiary/aromatic N) is 3. The van der Waals surface area contributed by atoms with Crippen molar-refractivity contribution < 1.29 is 19.0 Å². The van der Waals surface area contributed by atoms with Crippen molar-refractivity contribution in [3.63, 3.8) is 0 Å². The van der Waals surface area contributed by atoms with Crippen LogP contribution in [0.3, 0.4) is 0 Å². The van der Waals surface area contributed by atoms with Crippen molar-refractivity contribution in [1.82, 2.24) is 15.0 Å². The van der Waals surface area contributed by atoms with Gasteiger partial charge in [-0.1, -0.05) is 23.7 Å². The molecule has 2 aromatic carbocycles. The van der Waals surface area contributed by atoms with Crippen LogP contribution in [-0.4, -0.2) is 52.3 Å². The Hall–Kier alpha value is -3.69. The normalized spacial score (nSPS) is 13.9. The number of anilines is 3. The lowest BCUT2D eigenvalue weighted by Crippen LogP contribution is -2.37. The second-order valence-electron chi connectivity index (χ2n) is 7.57. The first-order chi connectivity index (χ1) is 16.0. The third kappa shape index (κ3) is 4.33. The number of aromatic carboxylic acids is 1. The van der Waals surface area contributed by atoms with E-state index in [9.17, 15) is 14.3 Å². The summed E-state index contributed by atoms with van der Waals surface area (Å²) in [5.74, 6) is -0.454. The Kier molecular flexibility index (Phi) is 5.57. The summed E-state index contributed by atoms with van der Waals surface area (Å²) >= 11 is 5.89. The Morgan fingerprint density at radius 3 is 2.76 bits per heavy atom. The molecular weight excluding hydrogens is 449 g/mol. The number of hydrogen-bond donors (Lipinski definition) is 3. The average molecular weight is 468 g/mol. The van der Waals surface area contributed by atoms with E-state index in [1.54, 1.807) is 18.3 Å². The number of nitrogens with one attached hydrogen (secondary N) is 2. The van der Waals surface area contributed by atoms with Crippen molar-refractivity contribution in [3.05, 3.63) is 65.2 Å². The van der Waals surface area contributed by atoms with Crippen molar-refractivity contribution in [3.8, 4) is 11.1 Å². The number of aromatic amines is 1. The maximum absolute atomic E-state index is 13.5. The van der Waals surface area contributed by atoms with E-state index in [1.807, 2.05) is 18.2 Å². The zero-order valence-electron chi connectivity index (χ0n) is 17.3. The topological polar surface area (TPSA) is 103 Å². The predicted molar refractivity (Wildman–Crippen MR) is 124 cm³/mol. The van der Waals surface area contributed by atoms with E-state index >= 15 is 0 Å². The summed E-state index contributed by atoms with van der Waals surface area (Å²) in [6.45, 7) is 2.49. The Labute approximate surface area is 193 Å². The van der Waals surface area contributed by atoms with Gasteiger partial charge in [-0.25, -0.2) is 14.2 Å². The number of benzene rings is 2. The number of fused-ring (bicyclic) bond motifs is 1. The number of carboxylic acid groups (broad SMARTS) is 1. The van der Waals surface area contributed by atoms with Crippen LogP contribution < -0.4 is 10.2 Å². The monoisotopic (exact) mass is 467 g/mol. The number of hydrogen-bond acceptors (Lipinski definition) is 6. The number of morpholine rings is 1. The molecule has 0 unspecified atom stereocenters. The molecule has 0 atom stereocenters. The molecule has 3 heterocycles. The van der Waals surface area contributed by atoms with Crippen LogP contribution in [0.4, 0.5) is 21.8 Å². The maximum Gasteiger partial charge on any atom is 0.352 e. The van der Waals surface area contributed by atoms with Gasteiger partial charge in [0, 0.05) is 41.4 Å². The number of halogens is 2. The van der Waals surface area contributed by atoms with Gasteiger partial charge in [-0.2, -0.15) is 4.98 Å². The summed E-state index contributed by atoms with van der Waals surface area (Å²) in [4.78, 5) is 25.5. The van der Waals surface area contributed by atoms with Crippen LogP contribution in [0.25, 0.3) is 22.0 Å². The summed E-state index contributed by atoms with van der Waals surface area (Å²) in [5.41, 5.74) is 3.05. The fourth-order valence-electron chi connectivity index (χ4n) is 3.77. The molecule has 8 nitrogen and oxygen atoms in total. The van der Waals surface area contributed by atoms with Crippen LogP contribution in [-0.2, 0) is 4.74 Å².